The van der Waals surface area contributed by atoms with Crippen molar-refractivity contribution in [3.8, 4) is 5.95 Å². The van der Waals surface area contributed by atoms with Gasteiger partial charge in [0, 0.05) is 37.4 Å². The molecule has 5 heterocycles. The number of amides is 1. The second-order valence-electron chi connectivity index (χ2n) is 6.39. The minimum atomic E-state index is -0.109. The summed E-state index contributed by atoms with van der Waals surface area (Å²) in [6.45, 7) is 2.63. The van der Waals surface area contributed by atoms with Crippen molar-refractivity contribution in [3.05, 3.63) is 52.1 Å². The molecule has 10 nitrogen and oxygen atoms in total. The van der Waals surface area contributed by atoms with E-state index in [1.54, 1.807) is 23.0 Å². The predicted molar refractivity (Wildman–Crippen MR) is 97.3 cm³/mol. The van der Waals surface area contributed by atoms with Crippen LogP contribution in [0.2, 0.25) is 0 Å². The van der Waals surface area contributed by atoms with Crippen LogP contribution in [-0.4, -0.2) is 57.1 Å². The van der Waals surface area contributed by atoms with Crippen LogP contribution in [0.4, 0.5) is 0 Å². The van der Waals surface area contributed by atoms with Crippen molar-refractivity contribution < 1.29 is 4.79 Å². The third-order valence-electron chi connectivity index (χ3n) is 4.81. The van der Waals surface area contributed by atoms with Crippen molar-refractivity contribution in [3.63, 3.8) is 0 Å². The van der Waals surface area contributed by atoms with Gasteiger partial charge in [0.25, 0.3) is 11.9 Å². The lowest BCUT2D eigenvalue weighted by molar-refractivity contribution is 0.0672. The molecular weight excluding hydrogens is 414 g/mol. The van der Waals surface area contributed by atoms with Gasteiger partial charge in [0.1, 0.15) is 0 Å². The van der Waals surface area contributed by atoms with Crippen LogP contribution in [0, 0.1) is 0 Å². The third kappa shape index (κ3) is 2.62. The molecule has 0 spiro atoms. The Morgan fingerprint density at radius 1 is 1.33 bits per heavy atom. The second kappa shape index (κ2) is 5.98. The van der Waals surface area contributed by atoms with Crippen LogP contribution in [0.3, 0.4) is 0 Å². The Kier molecular flexibility index (Phi) is 3.57. The summed E-state index contributed by atoms with van der Waals surface area (Å²) in [5.41, 5.74) is 3.27. The molecule has 1 N–H and O–H groups in total. The molecule has 1 atom stereocenters. The Balaban J connectivity index is 1.46. The van der Waals surface area contributed by atoms with Crippen molar-refractivity contribution in [1.82, 2.24) is 44.7 Å². The van der Waals surface area contributed by atoms with Crippen LogP contribution >= 0.6 is 15.9 Å². The summed E-state index contributed by atoms with van der Waals surface area (Å²) < 4.78 is 4.23. The van der Waals surface area contributed by atoms with Gasteiger partial charge in [-0.2, -0.15) is 10.3 Å². The molecule has 0 aliphatic carbocycles. The van der Waals surface area contributed by atoms with E-state index in [1.807, 2.05) is 28.8 Å². The number of tetrazole rings is 1. The highest BCUT2D eigenvalue weighted by Gasteiger charge is 2.31. The van der Waals surface area contributed by atoms with Crippen LogP contribution in [0.1, 0.15) is 34.6 Å². The molecule has 5 rings (SSSR count). The predicted octanol–water partition coefficient (Wildman–Crippen LogP) is 1.56. The van der Waals surface area contributed by atoms with E-state index in [4.69, 9.17) is 0 Å². The number of fused-ring (bicyclic) bond motifs is 2. The molecule has 1 aliphatic rings. The molecule has 0 bridgehead atoms. The number of carbonyl (C=O) groups is 1. The van der Waals surface area contributed by atoms with Gasteiger partial charge in [-0.15, -0.1) is 5.10 Å². The van der Waals surface area contributed by atoms with Crippen molar-refractivity contribution in [2.75, 3.05) is 6.54 Å². The maximum absolute atomic E-state index is 13.1. The zero-order chi connectivity index (χ0) is 18.5. The monoisotopic (exact) mass is 427 g/mol. The Morgan fingerprint density at radius 3 is 3.04 bits per heavy atom. The highest BCUT2D eigenvalue weighted by Crippen LogP contribution is 2.31. The van der Waals surface area contributed by atoms with Crippen molar-refractivity contribution >= 4 is 27.5 Å². The fourth-order valence-electron chi connectivity index (χ4n) is 3.46. The van der Waals surface area contributed by atoms with E-state index in [-0.39, 0.29) is 11.9 Å². The Labute approximate surface area is 161 Å². The molecule has 11 heteroatoms. The maximum atomic E-state index is 13.1. The molecule has 0 fully saturated rings. The van der Waals surface area contributed by atoms with E-state index in [1.165, 1.54) is 5.56 Å². The minimum absolute atomic E-state index is 0.0843. The van der Waals surface area contributed by atoms with Crippen molar-refractivity contribution in [1.29, 1.82) is 0 Å². The summed E-state index contributed by atoms with van der Waals surface area (Å²) in [7, 11) is 0. The number of aromatic amines is 1. The number of hydrogen-bond acceptors (Lipinski definition) is 6. The van der Waals surface area contributed by atoms with Gasteiger partial charge in [-0.05, 0) is 45.6 Å². The van der Waals surface area contributed by atoms with Crippen molar-refractivity contribution in [2.24, 2.45) is 0 Å². The number of aromatic nitrogens is 8. The molecule has 27 heavy (non-hydrogen) atoms. The molecular formula is C16H14BrN9O. The zero-order valence-electron chi connectivity index (χ0n) is 14.2. The number of hydrogen-bond donors (Lipinski definition) is 1. The summed E-state index contributed by atoms with van der Waals surface area (Å²) >= 11 is 3.36. The van der Waals surface area contributed by atoms with Crippen LogP contribution in [0.5, 0.6) is 0 Å². The molecule has 0 aromatic carbocycles. The van der Waals surface area contributed by atoms with Crippen LogP contribution in [0.25, 0.3) is 11.6 Å². The smallest absolute Gasteiger partial charge is 0.274 e. The number of H-pyrrole nitrogens is 1. The summed E-state index contributed by atoms with van der Waals surface area (Å²) in [4.78, 5) is 19.2. The normalized spacial score (nSPS) is 16.7. The molecule has 0 radical (unpaired) electrons. The zero-order valence-corrected chi connectivity index (χ0v) is 15.8. The van der Waals surface area contributed by atoms with Crippen molar-refractivity contribution in [2.45, 2.75) is 19.4 Å². The first kappa shape index (κ1) is 16.1. The van der Waals surface area contributed by atoms with Gasteiger partial charge in [0.15, 0.2) is 11.3 Å². The van der Waals surface area contributed by atoms with Gasteiger partial charge in [-0.25, -0.2) is 9.50 Å². The van der Waals surface area contributed by atoms with Gasteiger partial charge in [-0.3, -0.25) is 9.36 Å². The number of nitrogens with zero attached hydrogens (tertiary/aromatic N) is 8. The van der Waals surface area contributed by atoms with E-state index in [0.717, 1.165) is 16.5 Å². The van der Waals surface area contributed by atoms with Crippen LogP contribution in [-0.2, 0) is 6.42 Å². The first-order valence-corrected chi connectivity index (χ1v) is 9.16. The van der Waals surface area contributed by atoms with E-state index in [2.05, 4.69) is 46.6 Å². The number of halogens is 1. The molecule has 4 aromatic heterocycles. The summed E-state index contributed by atoms with van der Waals surface area (Å²) in [6, 6.07) is 1.63. The molecule has 4 aromatic rings. The summed E-state index contributed by atoms with van der Waals surface area (Å²) in [5, 5.41) is 18.4. The molecule has 0 saturated carbocycles. The van der Waals surface area contributed by atoms with E-state index >= 15 is 0 Å². The first-order valence-electron chi connectivity index (χ1n) is 8.36. The highest BCUT2D eigenvalue weighted by atomic mass is 79.9. The van der Waals surface area contributed by atoms with Gasteiger partial charge in [0.2, 0.25) is 0 Å². The highest BCUT2D eigenvalue weighted by molar-refractivity contribution is 9.10. The largest absolute Gasteiger partial charge is 0.330 e. The number of nitrogens with one attached hydrogen (secondary N) is 1. The number of carbonyl (C=O) groups excluding carboxylic acids is 1. The third-order valence-corrected chi connectivity index (χ3v) is 5.22. The standard InChI is InChI=1S/C16H14BrN9O/c1-9-12-8-24(16-19-22-23-20-16)6-10(12)2-3-25(9)15(27)13-4-14-18-5-11(17)7-26(14)21-13/h4-9H,2-3H2,1H3,(H,19,20,22,23). The second-order valence-corrected chi connectivity index (χ2v) is 7.30. The van der Waals surface area contributed by atoms with E-state index < -0.39 is 0 Å². The Bertz CT molecular complexity index is 1150. The van der Waals surface area contributed by atoms with Gasteiger partial charge < -0.3 is 4.90 Å². The lowest BCUT2D eigenvalue weighted by atomic mass is 9.98. The number of rotatable bonds is 2. The van der Waals surface area contributed by atoms with Gasteiger partial charge >= 0.3 is 0 Å². The average Bonchev–Trinajstić information content (AvgIpc) is 3.39. The SMILES string of the molecule is CC1c2cn(-c3nn[nH]n3)cc2CCN1C(=O)c1cc2ncc(Br)cn2n1. The molecule has 0 saturated heterocycles. The van der Waals surface area contributed by atoms with E-state index in [9.17, 15) is 4.79 Å². The Hall–Kier alpha value is -3.08. The first-order chi connectivity index (χ1) is 13.1. The van der Waals surface area contributed by atoms with E-state index in [0.29, 0.717) is 23.8 Å². The lowest BCUT2D eigenvalue weighted by Crippen LogP contribution is -2.38. The summed E-state index contributed by atoms with van der Waals surface area (Å²) in [5.74, 6) is 0.369. The quantitative estimate of drug-likeness (QED) is 0.519. The Morgan fingerprint density at radius 2 is 2.22 bits per heavy atom. The fraction of sp³-hybridized carbons (Fsp3) is 0.250. The molecule has 136 valence electrons. The maximum Gasteiger partial charge on any atom is 0.274 e. The average molecular weight is 428 g/mol. The minimum Gasteiger partial charge on any atom is -0.330 e. The topological polar surface area (TPSA) is 110 Å². The van der Waals surface area contributed by atoms with Crippen LogP contribution < -0.4 is 0 Å². The lowest BCUT2D eigenvalue weighted by Gasteiger charge is -2.33. The molecule has 1 unspecified atom stereocenters. The van der Waals surface area contributed by atoms with Crippen LogP contribution in [0.15, 0.2) is 35.3 Å². The van der Waals surface area contributed by atoms with Gasteiger partial charge in [-0.1, -0.05) is 5.10 Å². The molecule has 1 aliphatic heterocycles. The molecule has 1 amide bonds. The van der Waals surface area contributed by atoms with Gasteiger partial charge in [0.05, 0.1) is 10.5 Å². The summed E-state index contributed by atoms with van der Waals surface area (Å²) in [6.07, 6.45) is 8.16. The fourth-order valence-corrected chi connectivity index (χ4v) is 3.76.